The third kappa shape index (κ3) is 4.76. The van der Waals surface area contributed by atoms with E-state index in [-0.39, 0.29) is 23.7 Å². The van der Waals surface area contributed by atoms with Crippen LogP contribution in [0, 0.1) is 10.1 Å². The Morgan fingerprint density at radius 3 is 2.93 bits per heavy atom. The first-order valence-corrected chi connectivity index (χ1v) is 9.34. The molecule has 0 fully saturated rings. The van der Waals surface area contributed by atoms with Gasteiger partial charge in [0.1, 0.15) is 11.4 Å². The number of anilines is 1. The predicted molar refractivity (Wildman–Crippen MR) is 104 cm³/mol. The average Bonchev–Trinajstić information content (AvgIpc) is 3.04. The Labute approximate surface area is 159 Å². The minimum atomic E-state index is -0.519. The lowest BCUT2D eigenvalue weighted by molar-refractivity contribution is -0.383. The molecule has 3 rings (SSSR count). The van der Waals surface area contributed by atoms with Crippen LogP contribution in [0.4, 0.5) is 11.4 Å². The molecule has 2 aromatic carbocycles. The smallest absolute Gasteiger partial charge is 0.292 e. The molecule has 0 aliphatic rings. The van der Waals surface area contributed by atoms with Crippen LogP contribution < -0.4 is 10.1 Å². The maximum absolute atomic E-state index is 12.1. The second kappa shape index (κ2) is 8.54. The summed E-state index contributed by atoms with van der Waals surface area (Å²) in [5.41, 5.74) is 1.77. The van der Waals surface area contributed by atoms with E-state index in [0.29, 0.717) is 17.5 Å². The molecule has 3 aromatic rings. The van der Waals surface area contributed by atoms with Gasteiger partial charge in [0.05, 0.1) is 22.6 Å². The minimum absolute atomic E-state index is 0.124. The standard InChI is InChI=1S/C18H18N4O4S/c1-2-26-12-7-8-13-15(11-12)21-18(20-13)27-10-9-17(23)19-14-5-3-4-6-16(14)22(24)25/h3-8,11H,2,9-10H2,1H3,(H,19,23)(H,20,21). The summed E-state index contributed by atoms with van der Waals surface area (Å²) >= 11 is 1.41. The molecule has 0 saturated heterocycles. The van der Waals surface area contributed by atoms with E-state index in [2.05, 4.69) is 15.3 Å². The van der Waals surface area contributed by atoms with Crippen molar-refractivity contribution < 1.29 is 14.5 Å². The molecular formula is C18H18N4O4S. The van der Waals surface area contributed by atoms with Crippen molar-refractivity contribution in [1.29, 1.82) is 0 Å². The number of nitro benzene ring substituents is 1. The van der Waals surface area contributed by atoms with Crippen LogP contribution in [0.2, 0.25) is 0 Å². The highest BCUT2D eigenvalue weighted by atomic mass is 32.2. The second-order valence-corrected chi connectivity index (χ2v) is 6.66. The van der Waals surface area contributed by atoms with Gasteiger partial charge in [-0.3, -0.25) is 14.9 Å². The first kappa shape index (κ1) is 18.7. The third-order valence-electron chi connectivity index (χ3n) is 3.69. The second-order valence-electron chi connectivity index (χ2n) is 5.57. The Morgan fingerprint density at radius 1 is 1.33 bits per heavy atom. The molecule has 0 spiro atoms. The predicted octanol–water partition coefficient (Wildman–Crippen LogP) is 3.99. The van der Waals surface area contributed by atoms with Crippen LogP contribution in [0.5, 0.6) is 5.75 Å². The monoisotopic (exact) mass is 386 g/mol. The summed E-state index contributed by atoms with van der Waals surface area (Å²) in [4.78, 5) is 30.2. The number of rotatable bonds is 8. The maximum Gasteiger partial charge on any atom is 0.292 e. The van der Waals surface area contributed by atoms with Crippen LogP contribution >= 0.6 is 11.8 Å². The number of hydrogen-bond acceptors (Lipinski definition) is 6. The fourth-order valence-corrected chi connectivity index (χ4v) is 3.31. The number of fused-ring (bicyclic) bond motifs is 1. The van der Waals surface area contributed by atoms with Gasteiger partial charge in [0, 0.05) is 24.3 Å². The molecule has 1 aromatic heterocycles. The molecule has 0 saturated carbocycles. The maximum atomic E-state index is 12.1. The molecule has 9 heteroatoms. The number of carbonyl (C=O) groups excluding carboxylic acids is 1. The zero-order valence-electron chi connectivity index (χ0n) is 14.6. The number of amides is 1. The number of nitrogens with one attached hydrogen (secondary N) is 2. The van der Waals surface area contributed by atoms with Crippen LogP contribution in [0.3, 0.4) is 0 Å². The number of aromatic nitrogens is 2. The number of thioether (sulfide) groups is 1. The topological polar surface area (TPSA) is 110 Å². The van der Waals surface area contributed by atoms with Gasteiger partial charge in [-0.2, -0.15) is 0 Å². The number of benzene rings is 2. The lowest BCUT2D eigenvalue weighted by Crippen LogP contribution is -2.13. The molecule has 140 valence electrons. The molecule has 1 heterocycles. The van der Waals surface area contributed by atoms with Crippen LogP contribution in [0.15, 0.2) is 47.6 Å². The fraction of sp³-hybridized carbons (Fsp3) is 0.222. The van der Waals surface area contributed by atoms with Gasteiger partial charge in [-0.1, -0.05) is 23.9 Å². The van der Waals surface area contributed by atoms with Gasteiger partial charge in [-0.25, -0.2) is 4.98 Å². The van der Waals surface area contributed by atoms with Crippen molar-refractivity contribution in [3.8, 4) is 5.75 Å². The first-order valence-electron chi connectivity index (χ1n) is 8.35. The van der Waals surface area contributed by atoms with Gasteiger partial charge >= 0.3 is 0 Å². The lowest BCUT2D eigenvalue weighted by Gasteiger charge is -2.05. The van der Waals surface area contributed by atoms with Crippen molar-refractivity contribution in [2.45, 2.75) is 18.5 Å². The number of ether oxygens (including phenoxy) is 1. The highest BCUT2D eigenvalue weighted by molar-refractivity contribution is 7.99. The van der Waals surface area contributed by atoms with Crippen molar-refractivity contribution >= 4 is 40.1 Å². The van der Waals surface area contributed by atoms with Gasteiger partial charge in [-0.05, 0) is 25.1 Å². The van der Waals surface area contributed by atoms with E-state index in [1.54, 1.807) is 12.1 Å². The Bertz CT molecular complexity index is 973. The van der Waals surface area contributed by atoms with Crippen molar-refractivity contribution in [2.24, 2.45) is 0 Å². The molecule has 0 aliphatic heterocycles. The molecule has 0 aliphatic carbocycles. The molecule has 1 amide bonds. The summed E-state index contributed by atoms with van der Waals surface area (Å²) in [5, 5.41) is 14.3. The summed E-state index contributed by atoms with van der Waals surface area (Å²) in [7, 11) is 0. The quantitative estimate of drug-likeness (QED) is 0.344. The largest absolute Gasteiger partial charge is 0.494 e. The summed E-state index contributed by atoms with van der Waals surface area (Å²) < 4.78 is 5.46. The Balaban J connectivity index is 1.56. The number of nitro groups is 1. The van der Waals surface area contributed by atoms with E-state index in [9.17, 15) is 14.9 Å². The fourth-order valence-electron chi connectivity index (χ4n) is 2.48. The Hall–Kier alpha value is -3.07. The minimum Gasteiger partial charge on any atom is -0.494 e. The first-order chi connectivity index (χ1) is 13.1. The van der Waals surface area contributed by atoms with Crippen molar-refractivity contribution in [1.82, 2.24) is 9.97 Å². The summed E-state index contributed by atoms with van der Waals surface area (Å²) in [6.45, 7) is 2.52. The molecule has 0 radical (unpaired) electrons. The molecule has 8 nitrogen and oxygen atoms in total. The van der Waals surface area contributed by atoms with Crippen LogP contribution in [-0.4, -0.2) is 33.2 Å². The summed E-state index contributed by atoms with van der Waals surface area (Å²) in [5.74, 6) is 0.977. The summed E-state index contributed by atoms with van der Waals surface area (Å²) in [6.07, 6.45) is 0.206. The third-order valence-corrected chi connectivity index (χ3v) is 4.56. The number of hydrogen-bond donors (Lipinski definition) is 2. The van der Waals surface area contributed by atoms with Crippen molar-refractivity contribution in [3.05, 3.63) is 52.6 Å². The van der Waals surface area contributed by atoms with E-state index in [0.717, 1.165) is 16.8 Å². The highest BCUT2D eigenvalue weighted by Crippen LogP contribution is 2.25. The van der Waals surface area contributed by atoms with Gasteiger partial charge < -0.3 is 15.0 Å². The molecule has 27 heavy (non-hydrogen) atoms. The van der Waals surface area contributed by atoms with Crippen molar-refractivity contribution in [3.63, 3.8) is 0 Å². The van der Waals surface area contributed by atoms with Crippen molar-refractivity contribution in [2.75, 3.05) is 17.7 Å². The number of nitrogens with zero attached hydrogens (tertiary/aromatic N) is 2. The van der Waals surface area contributed by atoms with Crippen LogP contribution in [-0.2, 0) is 4.79 Å². The molecule has 0 atom stereocenters. The molecule has 0 bridgehead atoms. The van der Waals surface area contributed by atoms with Gasteiger partial charge in [0.15, 0.2) is 5.16 Å². The molecular weight excluding hydrogens is 368 g/mol. The zero-order chi connectivity index (χ0) is 19.2. The number of carbonyl (C=O) groups is 1. The molecule has 0 unspecified atom stereocenters. The van der Waals surface area contributed by atoms with E-state index < -0.39 is 4.92 Å². The van der Waals surface area contributed by atoms with E-state index in [1.165, 1.54) is 23.9 Å². The van der Waals surface area contributed by atoms with E-state index in [1.807, 2.05) is 25.1 Å². The average molecular weight is 386 g/mol. The SMILES string of the molecule is CCOc1ccc2nc(SCCC(=O)Nc3ccccc3[N+](=O)[O-])[nH]c2c1. The lowest BCUT2D eigenvalue weighted by atomic mass is 10.2. The zero-order valence-corrected chi connectivity index (χ0v) is 15.4. The highest BCUT2D eigenvalue weighted by Gasteiger charge is 2.14. The molecule has 2 N–H and O–H groups in total. The number of imidazole rings is 1. The number of aromatic amines is 1. The van der Waals surface area contributed by atoms with Gasteiger partial charge in [0.25, 0.3) is 5.69 Å². The van der Waals surface area contributed by atoms with Gasteiger partial charge in [0.2, 0.25) is 5.91 Å². The van der Waals surface area contributed by atoms with Gasteiger partial charge in [-0.15, -0.1) is 0 Å². The van der Waals surface area contributed by atoms with E-state index >= 15 is 0 Å². The normalized spacial score (nSPS) is 10.7. The van der Waals surface area contributed by atoms with Crippen LogP contribution in [0.25, 0.3) is 11.0 Å². The number of H-pyrrole nitrogens is 1. The summed E-state index contributed by atoms with van der Waals surface area (Å²) in [6, 6.07) is 11.7. The van der Waals surface area contributed by atoms with Crippen LogP contribution in [0.1, 0.15) is 13.3 Å². The van der Waals surface area contributed by atoms with E-state index in [4.69, 9.17) is 4.74 Å². The number of para-hydroxylation sites is 2. The Kier molecular flexibility index (Phi) is 5.92. The Morgan fingerprint density at radius 2 is 2.15 bits per heavy atom.